The van der Waals surface area contributed by atoms with Crippen LogP contribution in [-0.4, -0.2) is 29.3 Å². The van der Waals surface area contributed by atoms with Crippen LogP contribution in [0.2, 0.25) is 0 Å². The number of carbonyl (C=O) groups is 1. The van der Waals surface area contributed by atoms with Crippen LogP contribution in [0.3, 0.4) is 0 Å². The first-order chi connectivity index (χ1) is 12.5. The van der Waals surface area contributed by atoms with Crippen LogP contribution < -0.4 is 14.8 Å². The lowest BCUT2D eigenvalue weighted by Crippen LogP contribution is -2.12. The van der Waals surface area contributed by atoms with Gasteiger partial charge in [-0.05, 0) is 56.3 Å². The minimum atomic E-state index is -0.345. The summed E-state index contributed by atoms with van der Waals surface area (Å²) in [6.45, 7) is 3.88. The summed E-state index contributed by atoms with van der Waals surface area (Å²) in [6.07, 6.45) is 0.0723. The molecule has 0 aliphatic heterocycles. The van der Waals surface area contributed by atoms with E-state index in [9.17, 15) is 4.79 Å². The van der Waals surface area contributed by atoms with Crippen molar-refractivity contribution in [2.45, 2.75) is 20.0 Å². The summed E-state index contributed by atoms with van der Waals surface area (Å²) >= 11 is 0. The zero-order valence-electron chi connectivity index (χ0n) is 14.7. The molecule has 26 heavy (non-hydrogen) atoms. The van der Waals surface area contributed by atoms with E-state index in [2.05, 4.69) is 15.5 Å². The average molecular weight is 353 g/mol. The number of ether oxygens (including phenoxy) is 2. The molecule has 7 nitrogen and oxygen atoms in total. The highest BCUT2D eigenvalue weighted by atomic mass is 16.5. The van der Waals surface area contributed by atoms with Crippen LogP contribution in [0.4, 0.5) is 6.01 Å². The molecule has 0 bridgehead atoms. The predicted molar refractivity (Wildman–Crippen MR) is 96.4 cm³/mol. The molecule has 0 atom stereocenters. The molecule has 1 N–H and O–H groups in total. The number of hydrogen-bond acceptors (Lipinski definition) is 6. The molecule has 0 saturated carbocycles. The number of nitrogens with one attached hydrogen (secondary N) is 1. The van der Waals surface area contributed by atoms with Crippen molar-refractivity contribution in [3.05, 3.63) is 54.1 Å². The molecular formula is C19H19N3O4. The molecule has 0 fully saturated rings. The Morgan fingerprint density at radius 2 is 1.85 bits per heavy atom. The lowest BCUT2D eigenvalue weighted by Gasteiger charge is -2.09. The Kier molecular flexibility index (Phi) is 5.17. The number of aromatic nitrogens is 2. The van der Waals surface area contributed by atoms with Crippen LogP contribution in [0.1, 0.15) is 24.2 Å². The zero-order chi connectivity index (χ0) is 18.5. The van der Waals surface area contributed by atoms with E-state index in [4.69, 9.17) is 13.9 Å². The molecule has 134 valence electrons. The van der Waals surface area contributed by atoms with Crippen molar-refractivity contribution in [1.29, 1.82) is 0 Å². The Bertz CT molecular complexity index is 888. The first kappa shape index (κ1) is 17.5. The van der Waals surface area contributed by atoms with Gasteiger partial charge in [-0.2, -0.15) is 0 Å². The SMILES string of the molecule is COc1cccc(-c2nnc(NC(=O)c3ccc(OC(C)C)cc3)o2)c1. The smallest absolute Gasteiger partial charge is 0.322 e. The number of amides is 1. The van der Waals surface area contributed by atoms with Gasteiger partial charge in [0.1, 0.15) is 11.5 Å². The molecule has 1 aromatic heterocycles. The third-order valence-electron chi connectivity index (χ3n) is 3.45. The maximum absolute atomic E-state index is 12.3. The van der Waals surface area contributed by atoms with Crippen molar-refractivity contribution in [3.63, 3.8) is 0 Å². The van der Waals surface area contributed by atoms with Gasteiger partial charge in [0.25, 0.3) is 5.91 Å². The van der Waals surface area contributed by atoms with Crippen molar-refractivity contribution < 1.29 is 18.7 Å². The van der Waals surface area contributed by atoms with Crippen LogP contribution in [-0.2, 0) is 0 Å². The summed E-state index contributed by atoms with van der Waals surface area (Å²) in [5, 5.41) is 10.4. The second-order valence-electron chi connectivity index (χ2n) is 5.79. The maximum atomic E-state index is 12.3. The van der Waals surface area contributed by atoms with Gasteiger partial charge in [-0.15, -0.1) is 5.10 Å². The highest BCUT2D eigenvalue weighted by Crippen LogP contribution is 2.24. The summed E-state index contributed by atoms with van der Waals surface area (Å²) in [5.74, 6) is 1.33. The first-order valence-corrected chi connectivity index (χ1v) is 8.11. The Hall–Kier alpha value is -3.35. The molecule has 1 amide bonds. The number of methoxy groups -OCH3 is 1. The van der Waals surface area contributed by atoms with Gasteiger partial charge in [-0.3, -0.25) is 10.1 Å². The van der Waals surface area contributed by atoms with Crippen LogP contribution in [0.15, 0.2) is 52.9 Å². The number of rotatable bonds is 6. The molecule has 0 saturated heterocycles. The van der Waals surface area contributed by atoms with Crippen molar-refractivity contribution in [2.24, 2.45) is 0 Å². The highest BCUT2D eigenvalue weighted by Gasteiger charge is 2.13. The van der Waals surface area contributed by atoms with Crippen LogP contribution in [0.5, 0.6) is 11.5 Å². The van der Waals surface area contributed by atoms with Gasteiger partial charge >= 0.3 is 6.01 Å². The predicted octanol–water partition coefficient (Wildman–Crippen LogP) is 3.78. The van der Waals surface area contributed by atoms with E-state index in [-0.39, 0.29) is 18.0 Å². The van der Waals surface area contributed by atoms with Crippen molar-refractivity contribution >= 4 is 11.9 Å². The summed E-state index contributed by atoms with van der Waals surface area (Å²) in [5.41, 5.74) is 1.16. The van der Waals surface area contributed by atoms with E-state index in [1.54, 1.807) is 37.4 Å². The van der Waals surface area contributed by atoms with Gasteiger partial charge in [0.2, 0.25) is 5.89 Å². The van der Waals surface area contributed by atoms with Gasteiger partial charge in [0.05, 0.1) is 13.2 Å². The summed E-state index contributed by atoms with van der Waals surface area (Å²) in [4.78, 5) is 12.3. The molecule has 2 aromatic carbocycles. The molecule has 7 heteroatoms. The Morgan fingerprint density at radius 1 is 1.08 bits per heavy atom. The fourth-order valence-corrected chi connectivity index (χ4v) is 2.27. The monoisotopic (exact) mass is 353 g/mol. The lowest BCUT2D eigenvalue weighted by molar-refractivity contribution is 0.102. The number of benzene rings is 2. The first-order valence-electron chi connectivity index (χ1n) is 8.11. The number of carbonyl (C=O) groups excluding carboxylic acids is 1. The third-order valence-corrected chi connectivity index (χ3v) is 3.45. The van der Waals surface area contributed by atoms with Crippen LogP contribution in [0, 0.1) is 0 Å². The number of anilines is 1. The summed E-state index contributed by atoms with van der Waals surface area (Å²) in [6, 6.07) is 14.1. The fraction of sp³-hybridized carbons (Fsp3) is 0.211. The largest absolute Gasteiger partial charge is 0.497 e. The standard InChI is InChI=1S/C19H19N3O4/c1-12(2)25-15-9-7-13(8-10-15)17(23)20-19-22-21-18(26-19)14-5-4-6-16(11-14)24-3/h4-12H,1-3H3,(H,20,22,23). The van der Waals surface area contributed by atoms with Crippen molar-refractivity contribution in [1.82, 2.24) is 10.2 Å². The quantitative estimate of drug-likeness (QED) is 0.726. The summed E-state index contributed by atoms with van der Waals surface area (Å²) in [7, 11) is 1.58. The number of nitrogens with zero attached hydrogens (tertiary/aromatic N) is 2. The molecular weight excluding hydrogens is 334 g/mol. The molecule has 3 aromatic rings. The lowest BCUT2D eigenvalue weighted by atomic mass is 10.2. The normalized spacial score (nSPS) is 10.6. The van der Waals surface area contributed by atoms with Gasteiger partial charge < -0.3 is 13.9 Å². The van der Waals surface area contributed by atoms with Gasteiger partial charge in [0, 0.05) is 11.1 Å². The molecule has 3 rings (SSSR count). The van der Waals surface area contributed by atoms with Crippen molar-refractivity contribution in [3.8, 4) is 23.0 Å². The van der Waals surface area contributed by atoms with E-state index < -0.39 is 0 Å². The minimum absolute atomic E-state index is 0.0235. The molecule has 0 aliphatic carbocycles. The van der Waals surface area contributed by atoms with Crippen molar-refractivity contribution in [2.75, 3.05) is 12.4 Å². The highest BCUT2D eigenvalue weighted by molar-refractivity contribution is 6.03. The zero-order valence-corrected chi connectivity index (χ0v) is 14.7. The Morgan fingerprint density at radius 3 is 2.54 bits per heavy atom. The Balaban J connectivity index is 1.69. The van der Waals surface area contributed by atoms with E-state index in [0.29, 0.717) is 28.5 Å². The third kappa shape index (κ3) is 4.18. The summed E-state index contributed by atoms with van der Waals surface area (Å²) < 4.78 is 16.2. The van der Waals surface area contributed by atoms with E-state index >= 15 is 0 Å². The van der Waals surface area contributed by atoms with Crippen LogP contribution in [0.25, 0.3) is 11.5 Å². The van der Waals surface area contributed by atoms with E-state index in [0.717, 1.165) is 0 Å². The second kappa shape index (κ2) is 7.69. The number of hydrogen-bond donors (Lipinski definition) is 1. The Labute approximate surface area is 151 Å². The molecule has 0 spiro atoms. The maximum Gasteiger partial charge on any atom is 0.322 e. The average Bonchev–Trinajstić information content (AvgIpc) is 3.10. The molecule has 0 aliphatic rings. The molecule has 0 radical (unpaired) electrons. The van der Waals surface area contributed by atoms with E-state index in [1.165, 1.54) is 0 Å². The molecule has 1 heterocycles. The van der Waals surface area contributed by atoms with E-state index in [1.807, 2.05) is 32.0 Å². The topological polar surface area (TPSA) is 86.5 Å². The van der Waals surface area contributed by atoms with Gasteiger partial charge in [0.15, 0.2) is 0 Å². The van der Waals surface area contributed by atoms with Crippen LogP contribution >= 0.6 is 0 Å². The van der Waals surface area contributed by atoms with Gasteiger partial charge in [-0.25, -0.2) is 0 Å². The molecule has 0 unspecified atom stereocenters. The van der Waals surface area contributed by atoms with Gasteiger partial charge in [-0.1, -0.05) is 11.2 Å². The minimum Gasteiger partial charge on any atom is -0.497 e. The second-order valence-corrected chi connectivity index (χ2v) is 5.79. The fourth-order valence-electron chi connectivity index (χ4n) is 2.27.